The van der Waals surface area contributed by atoms with Gasteiger partial charge in [-0.1, -0.05) is 97.1 Å². The molecule has 3 nitrogen and oxygen atoms in total. The zero-order chi connectivity index (χ0) is 37.7. The number of nitrogens with zero attached hydrogens (tertiary/aromatic N) is 3. The number of pyridine rings is 1. The van der Waals surface area contributed by atoms with E-state index in [1.807, 2.05) is 6.20 Å². The van der Waals surface area contributed by atoms with Crippen LogP contribution in [0.2, 0.25) is 0 Å². The molecule has 7 aromatic carbocycles. The normalized spacial score (nSPS) is 22.9. The van der Waals surface area contributed by atoms with Gasteiger partial charge >= 0.3 is 0 Å². The van der Waals surface area contributed by atoms with Gasteiger partial charge in [-0.05, 0) is 150 Å². The second-order valence-electron chi connectivity index (χ2n) is 18.0. The molecule has 4 saturated carbocycles. The van der Waals surface area contributed by atoms with Crippen molar-refractivity contribution in [3.63, 3.8) is 0 Å². The average Bonchev–Trinajstić information content (AvgIpc) is 3.89. The molecule has 1 spiro atoms. The summed E-state index contributed by atoms with van der Waals surface area (Å²) in [7, 11) is 0. The van der Waals surface area contributed by atoms with Gasteiger partial charge in [0.05, 0.1) is 39.5 Å². The predicted molar refractivity (Wildman–Crippen MR) is 239 cm³/mol. The third-order valence-electron chi connectivity index (χ3n) is 15.3. The molecule has 5 aliphatic carbocycles. The first kappa shape index (κ1) is 31.6. The molecule has 276 valence electrons. The Morgan fingerprint density at radius 3 is 1.71 bits per heavy atom. The average molecular weight is 744 g/mol. The Bertz CT molecular complexity index is 3350. The number of hydrogen-bond donors (Lipinski definition) is 0. The van der Waals surface area contributed by atoms with Gasteiger partial charge < -0.3 is 9.13 Å². The van der Waals surface area contributed by atoms with Crippen molar-refractivity contribution in [2.24, 2.45) is 23.7 Å². The lowest BCUT2D eigenvalue weighted by Crippen LogP contribution is -2.55. The van der Waals surface area contributed by atoms with Crippen molar-refractivity contribution >= 4 is 54.5 Å². The van der Waals surface area contributed by atoms with Crippen LogP contribution in [-0.4, -0.2) is 14.1 Å². The van der Waals surface area contributed by atoms with Crippen molar-refractivity contribution in [3.05, 3.63) is 175 Å². The molecule has 0 saturated heterocycles. The highest BCUT2D eigenvalue weighted by atomic mass is 15.0. The summed E-state index contributed by atoms with van der Waals surface area (Å²) in [6.07, 6.45) is 9.08. The van der Waals surface area contributed by atoms with Crippen LogP contribution in [-0.2, 0) is 5.41 Å². The molecule has 4 bridgehead atoms. The van der Waals surface area contributed by atoms with Gasteiger partial charge in [0, 0.05) is 38.0 Å². The summed E-state index contributed by atoms with van der Waals surface area (Å²) in [5, 5.41) is 6.25. The highest BCUT2D eigenvalue weighted by Crippen LogP contribution is 2.69. The maximum absolute atomic E-state index is 4.84. The molecule has 15 rings (SSSR count). The summed E-state index contributed by atoms with van der Waals surface area (Å²) < 4.78 is 4.92. The maximum Gasteiger partial charge on any atom is 0.0703 e. The molecule has 0 aliphatic heterocycles. The molecule has 0 amide bonds. The second kappa shape index (κ2) is 11.4. The molecule has 0 unspecified atom stereocenters. The van der Waals surface area contributed by atoms with Crippen LogP contribution in [0.15, 0.2) is 164 Å². The first-order chi connectivity index (χ1) is 28.7. The van der Waals surface area contributed by atoms with Gasteiger partial charge in [0.2, 0.25) is 0 Å². The fraction of sp³-hybridized carbons (Fsp3) is 0.182. The highest BCUT2D eigenvalue weighted by molar-refractivity contribution is 6.13. The largest absolute Gasteiger partial charge is 0.309 e. The highest BCUT2D eigenvalue weighted by Gasteiger charge is 2.61. The monoisotopic (exact) mass is 743 g/mol. The number of hydrogen-bond acceptors (Lipinski definition) is 1. The molecule has 3 heteroatoms. The van der Waals surface area contributed by atoms with Crippen molar-refractivity contribution in [1.82, 2.24) is 14.1 Å². The summed E-state index contributed by atoms with van der Waals surface area (Å²) in [5.41, 5.74) is 17.1. The minimum atomic E-state index is 0.147. The second-order valence-corrected chi connectivity index (χ2v) is 18.0. The first-order valence-electron chi connectivity index (χ1n) is 21.4. The van der Waals surface area contributed by atoms with Gasteiger partial charge in [0.25, 0.3) is 0 Å². The third kappa shape index (κ3) is 4.06. The van der Waals surface area contributed by atoms with E-state index < -0.39 is 0 Å². The van der Waals surface area contributed by atoms with E-state index in [1.165, 1.54) is 104 Å². The van der Waals surface area contributed by atoms with E-state index in [0.717, 1.165) is 40.3 Å². The molecule has 3 heterocycles. The summed E-state index contributed by atoms with van der Waals surface area (Å²) in [6, 6.07) is 59.6. The van der Waals surface area contributed by atoms with Crippen LogP contribution in [0, 0.1) is 23.7 Å². The standard InChI is InChI=1S/C55H41N3/c1-6-14-50-37(9-1)28-41(32-56-50)58-52-16-8-4-12-45(52)47-30-36(18-22-54(47)58)35-17-21-53-46(29-35)44-11-3-7-15-51(44)57(53)40-19-20-43-42-10-2-5-13-48(42)55(49(43)31-40)38-24-33-23-34(26-38)27-39(55)25-33/h1-22,28-34,38-39H,23-27H2. The number of fused-ring (bicyclic) bond motifs is 10. The van der Waals surface area contributed by atoms with Crippen molar-refractivity contribution in [3.8, 4) is 33.6 Å². The Balaban J connectivity index is 0.929. The van der Waals surface area contributed by atoms with Gasteiger partial charge in [0.1, 0.15) is 0 Å². The number of para-hydroxylation sites is 3. The van der Waals surface area contributed by atoms with Crippen LogP contribution in [0.25, 0.3) is 88.1 Å². The number of aromatic nitrogens is 3. The Kier molecular flexibility index (Phi) is 6.19. The first-order valence-corrected chi connectivity index (χ1v) is 21.4. The van der Waals surface area contributed by atoms with E-state index in [2.05, 4.69) is 167 Å². The summed E-state index contributed by atoms with van der Waals surface area (Å²) in [5.74, 6) is 3.36. The van der Waals surface area contributed by atoms with Crippen molar-refractivity contribution in [2.45, 2.75) is 37.5 Å². The molecular weight excluding hydrogens is 703 g/mol. The van der Waals surface area contributed by atoms with Crippen LogP contribution in [0.1, 0.15) is 43.2 Å². The Hall–Kier alpha value is -6.45. The number of benzene rings is 7. The lowest BCUT2D eigenvalue weighted by atomic mass is 9.43. The zero-order valence-corrected chi connectivity index (χ0v) is 32.3. The molecule has 0 radical (unpaired) electrons. The molecule has 58 heavy (non-hydrogen) atoms. The lowest BCUT2D eigenvalue weighted by Gasteiger charge is -2.61. The van der Waals surface area contributed by atoms with Crippen molar-refractivity contribution < 1.29 is 0 Å². The smallest absolute Gasteiger partial charge is 0.0703 e. The Morgan fingerprint density at radius 2 is 1.00 bits per heavy atom. The van der Waals surface area contributed by atoms with Crippen LogP contribution >= 0.6 is 0 Å². The summed E-state index contributed by atoms with van der Waals surface area (Å²) in [4.78, 5) is 4.84. The minimum absolute atomic E-state index is 0.147. The number of rotatable bonds is 3. The van der Waals surface area contributed by atoms with Crippen molar-refractivity contribution in [2.75, 3.05) is 0 Å². The van der Waals surface area contributed by atoms with Crippen LogP contribution in [0.5, 0.6) is 0 Å². The molecule has 4 fully saturated rings. The topological polar surface area (TPSA) is 22.8 Å². The van der Waals surface area contributed by atoms with Gasteiger partial charge in [-0.2, -0.15) is 0 Å². The van der Waals surface area contributed by atoms with Gasteiger partial charge in [0.15, 0.2) is 0 Å². The minimum Gasteiger partial charge on any atom is -0.309 e. The molecule has 0 N–H and O–H groups in total. The predicted octanol–water partition coefficient (Wildman–Crippen LogP) is 13.8. The zero-order valence-electron chi connectivity index (χ0n) is 32.3. The lowest BCUT2D eigenvalue weighted by molar-refractivity contribution is -0.0399. The van der Waals surface area contributed by atoms with E-state index in [1.54, 1.807) is 11.1 Å². The van der Waals surface area contributed by atoms with E-state index >= 15 is 0 Å². The third-order valence-corrected chi connectivity index (χ3v) is 15.3. The van der Waals surface area contributed by atoms with Gasteiger partial charge in [-0.15, -0.1) is 0 Å². The fourth-order valence-electron chi connectivity index (χ4n) is 13.3. The molecule has 3 aromatic heterocycles. The van der Waals surface area contributed by atoms with E-state index in [0.29, 0.717) is 0 Å². The summed E-state index contributed by atoms with van der Waals surface area (Å²) >= 11 is 0. The Labute approximate surface area is 337 Å². The van der Waals surface area contributed by atoms with E-state index in [9.17, 15) is 0 Å². The quantitative estimate of drug-likeness (QED) is 0.177. The van der Waals surface area contributed by atoms with Crippen LogP contribution in [0.4, 0.5) is 0 Å². The SMILES string of the molecule is c1ccc2c(c1)-c1ccc(-n3c4ccccc4c4cc(-c5ccc6c(c5)c5ccccc5n6-c5cnc6ccccc6c5)ccc43)cc1C21C2CC3CC(C2)CC1C3. The molecule has 0 atom stereocenters. The van der Waals surface area contributed by atoms with E-state index in [4.69, 9.17) is 4.98 Å². The molecular formula is C55H41N3. The van der Waals surface area contributed by atoms with Crippen LogP contribution in [0.3, 0.4) is 0 Å². The fourth-order valence-corrected chi connectivity index (χ4v) is 13.3. The molecule has 5 aliphatic rings. The summed E-state index contributed by atoms with van der Waals surface area (Å²) in [6.45, 7) is 0. The van der Waals surface area contributed by atoms with E-state index in [-0.39, 0.29) is 5.41 Å². The van der Waals surface area contributed by atoms with Crippen molar-refractivity contribution in [1.29, 1.82) is 0 Å². The molecule has 10 aromatic rings. The van der Waals surface area contributed by atoms with Crippen LogP contribution < -0.4 is 0 Å². The maximum atomic E-state index is 4.84. The van der Waals surface area contributed by atoms with Gasteiger partial charge in [-0.25, -0.2) is 0 Å². The Morgan fingerprint density at radius 1 is 0.431 bits per heavy atom. The van der Waals surface area contributed by atoms with Gasteiger partial charge in [-0.3, -0.25) is 4.98 Å².